The van der Waals surface area contributed by atoms with E-state index in [4.69, 9.17) is 4.98 Å². The summed E-state index contributed by atoms with van der Waals surface area (Å²) < 4.78 is 0. The standard InChI is InChI=1S/C18H19N3OS/c22-10-9-21(12-15-5-4-8-19-11-15)13-17-14-23-18(20-17)16-6-2-1-3-7-16/h1-8,11,14,22H,9-10,12-13H2. The summed E-state index contributed by atoms with van der Waals surface area (Å²) in [4.78, 5) is 11.1. The number of hydrogen-bond donors (Lipinski definition) is 1. The molecule has 0 aliphatic rings. The van der Waals surface area contributed by atoms with Crippen molar-refractivity contribution in [3.63, 3.8) is 0 Å². The molecule has 0 atom stereocenters. The maximum absolute atomic E-state index is 9.30. The van der Waals surface area contributed by atoms with Crippen molar-refractivity contribution in [1.29, 1.82) is 0 Å². The zero-order chi connectivity index (χ0) is 15.9. The fourth-order valence-electron chi connectivity index (χ4n) is 2.43. The van der Waals surface area contributed by atoms with E-state index in [1.54, 1.807) is 17.5 Å². The maximum atomic E-state index is 9.30. The molecule has 1 aromatic carbocycles. The van der Waals surface area contributed by atoms with E-state index in [0.717, 1.165) is 34.9 Å². The molecule has 0 spiro atoms. The quantitative estimate of drug-likeness (QED) is 0.725. The van der Waals surface area contributed by atoms with Gasteiger partial charge in [0.15, 0.2) is 0 Å². The van der Waals surface area contributed by atoms with Crippen LogP contribution in [0.1, 0.15) is 11.3 Å². The number of benzene rings is 1. The van der Waals surface area contributed by atoms with Crippen molar-refractivity contribution in [2.24, 2.45) is 0 Å². The van der Waals surface area contributed by atoms with E-state index < -0.39 is 0 Å². The van der Waals surface area contributed by atoms with E-state index in [2.05, 4.69) is 27.4 Å². The third-order valence-corrected chi connectivity index (χ3v) is 4.44. The predicted molar refractivity (Wildman–Crippen MR) is 93.0 cm³/mol. The molecule has 2 heterocycles. The molecular weight excluding hydrogens is 306 g/mol. The van der Waals surface area contributed by atoms with Gasteiger partial charge in [-0.05, 0) is 11.6 Å². The van der Waals surface area contributed by atoms with Gasteiger partial charge < -0.3 is 5.11 Å². The highest BCUT2D eigenvalue weighted by Crippen LogP contribution is 2.24. The Morgan fingerprint density at radius 3 is 2.65 bits per heavy atom. The predicted octanol–water partition coefficient (Wildman–Crippen LogP) is 3.20. The topological polar surface area (TPSA) is 49.2 Å². The number of pyridine rings is 1. The molecule has 23 heavy (non-hydrogen) atoms. The molecule has 5 heteroatoms. The van der Waals surface area contributed by atoms with E-state index in [0.29, 0.717) is 6.54 Å². The van der Waals surface area contributed by atoms with Gasteiger partial charge in [0.25, 0.3) is 0 Å². The summed E-state index contributed by atoms with van der Waals surface area (Å²) in [6.45, 7) is 2.23. The van der Waals surface area contributed by atoms with Crippen LogP contribution in [0, 0.1) is 0 Å². The van der Waals surface area contributed by atoms with E-state index in [1.165, 1.54) is 0 Å². The van der Waals surface area contributed by atoms with Crippen molar-refractivity contribution < 1.29 is 5.11 Å². The summed E-state index contributed by atoms with van der Waals surface area (Å²) >= 11 is 1.66. The van der Waals surface area contributed by atoms with Crippen LogP contribution in [0.5, 0.6) is 0 Å². The number of nitrogens with zero attached hydrogens (tertiary/aromatic N) is 3. The lowest BCUT2D eigenvalue weighted by Crippen LogP contribution is -2.26. The smallest absolute Gasteiger partial charge is 0.123 e. The minimum absolute atomic E-state index is 0.135. The highest BCUT2D eigenvalue weighted by molar-refractivity contribution is 7.13. The molecule has 3 aromatic rings. The zero-order valence-electron chi connectivity index (χ0n) is 12.8. The second kappa shape index (κ2) is 7.97. The lowest BCUT2D eigenvalue weighted by molar-refractivity contribution is 0.183. The highest BCUT2D eigenvalue weighted by Gasteiger charge is 2.10. The van der Waals surface area contributed by atoms with Crippen molar-refractivity contribution in [2.75, 3.05) is 13.2 Å². The van der Waals surface area contributed by atoms with Crippen LogP contribution in [-0.2, 0) is 13.1 Å². The molecule has 3 rings (SSSR count). The van der Waals surface area contributed by atoms with Crippen LogP contribution in [0.15, 0.2) is 60.2 Å². The van der Waals surface area contributed by atoms with Gasteiger partial charge >= 0.3 is 0 Å². The van der Waals surface area contributed by atoms with E-state index >= 15 is 0 Å². The molecule has 0 saturated carbocycles. The molecule has 0 aliphatic carbocycles. The largest absolute Gasteiger partial charge is 0.395 e. The van der Waals surface area contributed by atoms with Crippen LogP contribution < -0.4 is 0 Å². The Balaban J connectivity index is 1.69. The first-order chi connectivity index (χ1) is 11.3. The first-order valence-corrected chi connectivity index (χ1v) is 8.45. The Kier molecular flexibility index (Phi) is 5.47. The minimum Gasteiger partial charge on any atom is -0.395 e. The fraction of sp³-hybridized carbons (Fsp3) is 0.222. The van der Waals surface area contributed by atoms with Gasteiger partial charge in [0.1, 0.15) is 5.01 Å². The molecule has 0 amide bonds. The lowest BCUT2D eigenvalue weighted by Gasteiger charge is -2.20. The molecule has 0 bridgehead atoms. The first kappa shape index (κ1) is 15.8. The Labute approximate surface area is 140 Å². The van der Waals surface area contributed by atoms with Crippen molar-refractivity contribution >= 4 is 11.3 Å². The van der Waals surface area contributed by atoms with Crippen LogP contribution >= 0.6 is 11.3 Å². The van der Waals surface area contributed by atoms with Crippen LogP contribution in [0.25, 0.3) is 10.6 Å². The SMILES string of the molecule is OCCN(Cc1cccnc1)Cc1csc(-c2ccccc2)n1. The Morgan fingerprint density at radius 2 is 1.91 bits per heavy atom. The molecule has 0 radical (unpaired) electrons. The molecule has 4 nitrogen and oxygen atoms in total. The van der Waals surface area contributed by atoms with E-state index in [-0.39, 0.29) is 6.61 Å². The number of thiazole rings is 1. The number of aliphatic hydroxyl groups is 1. The van der Waals surface area contributed by atoms with Gasteiger partial charge in [-0.25, -0.2) is 4.98 Å². The lowest BCUT2D eigenvalue weighted by atomic mass is 10.2. The van der Waals surface area contributed by atoms with Gasteiger partial charge in [-0.3, -0.25) is 9.88 Å². The van der Waals surface area contributed by atoms with Crippen molar-refractivity contribution in [3.8, 4) is 10.6 Å². The molecule has 0 aliphatic heterocycles. The fourth-order valence-corrected chi connectivity index (χ4v) is 3.24. The number of aliphatic hydroxyl groups excluding tert-OH is 1. The molecule has 0 saturated heterocycles. The monoisotopic (exact) mass is 325 g/mol. The van der Waals surface area contributed by atoms with Crippen LogP contribution in [0.4, 0.5) is 0 Å². The molecular formula is C18H19N3OS. The average Bonchev–Trinajstić information content (AvgIpc) is 3.05. The third kappa shape index (κ3) is 4.45. The van der Waals surface area contributed by atoms with Crippen LogP contribution in [0.3, 0.4) is 0 Å². The number of aromatic nitrogens is 2. The Morgan fingerprint density at radius 1 is 1.04 bits per heavy atom. The Hall–Kier alpha value is -2.08. The second-order valence-electron chi connectivity index (χ2n) is 5.31. The normalized spacial score (nSPS) is 11.0. The molecule has 0 unspecified atom stereocenters. The zero-order valence-corrected chi connectivity index (χ0v) is 13.6. The summed E-state index contributed by atoms with van der Waals surface area (Å²) in [5.74, 6) is 0. The van der Waals surface area contributed by atoms with Crippen LogP contribution in [0.2, 0.25) is 0 Å². The average molecular weight is 325 g/mol. The summed E-state index contributed by atoms with van der Waals surface area (Å²) in [5, 5.41) is 12.4. The summed E-state index contributed by atoms with van der Waals surface area (Å²) in [7, 11) is 0. The van der Waals surface area contributed by atoms with Crippen molar-refractivity contribution in [3.05, 3.63) is 71.5 Å². The highest BCUT2D eigenvalue weighted by atomic mass is 32.1. The van der Waals surface area contributed by atoms with Gasteiger partial charge in [0.05, 0.1) is 12.3 Å². The molecule has 0 fully saturated rings. The van der Waals surface area contributed by atoms with Gasteiger partial charge in [-0.2, -0.15) is 0 Å². The summed E-state index contributed by atoms with van der Waals surface area (Å²) in [5.41, 5.74) is 3.32. The van der Waals surface area contributed by atoms with Crippen LogP contribution in [-0.4, -0.2) is 33.1 Å². The van der Waals surface area contributed by atoms with Gasteiger partial charge in [-0.15, -0.1) is 11.3 Å². The van der Waals surface area contributed by atoms with Crippen molar-refractivity contribution in [1.82, 2.24) is 14.9 Å². The molecule has 2 aromatic heterocycles. The summed E-state index contributed by atoms with van der Waals surface area (Å²) in [6, 6.07) is 14.2. The maximum Gasteiger partial charge on any atom is 0.123 e. The molecule has 118 valence electrons. The van der Waals surface area contributed by atoms with Gasteiger partial charge in [0.2, 0.25) is 0 Å². The van der Waals surface area contributed by atoms with Crippen molar-refractivity contribution in [2.45, 2.75) is 13.1 Å². The van der Waals surface area contributed by atoms with E-state index in [9.17, 15) is 5.11 Å². The minimum atomic E-state index is 0.135. The number of hydrogen-bond acceptors (Lipinski definition) is 5. The number of rotatable bonds is 7. The van der Waals surface area contributed by atoms with E-state index in [1.807, 2.05) is 36.5 Å². The second-order valence-corrected chi connectivity index (χ2v) is 6.16. The first-order valence-electron chi connectivity index (χ1n) is 7.57. The third-order valence-electron chi connectivity index (χ3n) is 3.50. The Bertz CT molecular complexity index is 715. The summed E-state index contributed by atoms with van der Waals surface area (Å²) in [6.07, 6.45) is 3.63. The van der Waals surface area contributed by atoms with Gasteiger partial charge in [-0.1, -0.05) is 36.4 Å². The molecule has 1 N–H and O–H groups in total. The van der Waals surface area contributed by atoms with Gasteiger partial charge in [0, 0.05) is 43.0 Å².